The number of nitrogens with two attached hydrogens (primary N) is 1. The molecule has 0 fully saturated rings. The van der Waals surface area contributed by atoms with Gasteiger partial charge in [-0.25, -0.2) is 4.39 Å². The fraction of sp³-hybridized carbons (Fsp3) is 0.636. The molecule has 0 aliphatic rings. The molecular formula is C11H20FN3O2. The minimum atomic E-state index is -1.28. The summed E-state index contributed by atoms with van der Waals surface area (Å²) in [5.41, 5.74) is 4.37. The molecule has 0 radical (unpaired) electrons. The van der Waals surface area contributed by atoms with Crippen molar-refractivity contribution in [3.8, 4) is 0 Å². The fourth-order valence-electron chi connectivity index (χ4n) is 1.26. The molecule has 17 heavy (non-hydrogen) atoms. The second-order valence-electron chi connectivity index (χ2n) is 3.84. The van der Waals surface area contributed by atoms with Crippen LogP contribution in [0.5, 0.6) is 0 Å². The zero-order valence-corrected chi connectivity index (χ0v) is 10.0. The molecule has 0 unspecified atom stereocenters. The van der Waals surface area contributed by atoms with Crippen molar-refractivity contribution in [3.63, 3.8) is 0 Å². The topological polar surface area (TPSA) is 99.2 Å². The van der Waals surface area contributed by atoms with Crippen LogP contribution in [0.25, 0.3) is 0 Å². The Morgan fingerprint density at radius 2 is 2.29 bits per heavy atom. The largest absolute Gasteiger partial charge is 0.480 e. The first-order chi connectivity index (χ1) is 7.96. The SMILES string of the molecule is CC[C@](N)(CC/C=C(\F)CNCC=N)C(=O)O. The minimum Gasteiger partial charge on any atom is -0.480 e. The molecule has 98 valence electrons. The summed E-state index contributed by atoms with van der Waals surface area (Å²) < 4.78 is 13.1. The molecule has 0 aliphatic heterocycles. The number of halogens is 1. The minimum absolute atomic E-state index is 0.0478. The molecule has 5 nitrogen and oxygen atoms in total. The predicted octanol–water partition coefficient (Wildman–Crippen LogP) is 1.05. The van der Waals surface area contributed by atoms with Crippen molar-refractivity contribution in [3.05, 3.63) is 11.9 Å². The molecule has 0 spiro atoms. The van der Waals surface area contributed by atoms with E-state index in [1.54, 1.807) is 6.92 Å². The number of hydrogen-bond acceptors (Lipinski definition) is 4. The molecule has 1 atom stereocenters. The molecule has 5 N–H and O–H groups in total. The van der Waals surface area contributed by atoms with Gasteiger partial charge >= 0.3 is 5.97 Å². The summed E-state index contributed by atoms with van der Waals surface area (Å²) in [6.45, 7) is 2.05. The smallest absolute Gasteiger partial charge is 0.323 e. The van der Waals surface area contributed by atoms with Crippen LogP contribution in [0.2, 0.25) is 0 Å². The number of carbonyl (C=O) groups is 1. The summed E-state index contributed by atoms with van der Waals surface area (Å²) in [6, 6.07) is 0. The Balaban J connectivity index is 4.06. The number of carboxylic acid groups (broad SMARTS) is 1. The highest BCUT2D eigenvalue weighted by Gasteiger charge is 2.30. The summed E-state index contributed by atoms with van der Waals surface area (Å²) >= 11 is 0. The Hall–Kier alpha value is -1.27. The Bertz CT molecular complexity index is 294. The van der Waals surface area contributed by atoms with Crippen molar-refractivity contribution in [2.75, 3.05) is 13.1 Å². The predicted molar refractivity (Wildman–Crippen MR) is 64.9 cm³/mol. The first-order valence-corrected chi connectivity index (χ1v) is 5.52. The van der Waals surface area contributed by atoms with Gasteiger partial charge in [0.25, 0.3) is 0 Å². The van der Waals surface area contributed by atoms with Gasteiger partial charge in [-0.3, -0.25) is 4.79 Å². The third kappa shape index (κ3) is 6.13. The first kappa shape index (κ1) is 15.7. The number of nitrogens with one attached hydrogen (secondary N) is 2. The van der Waals surface area contributed by atoms with Gasteiger partial charge in [-0.2, -0.15) is 0 Å². The second kappa shape index (κ2) is 7.92. The molecule has 0 bridgehead atoms. The number of hydrogen-bond donors (Lipinski definition) is 4. The van der Waals surface area contributed by atoms with Gasteiger partial charge in [0.2, 0.25) is 0 Å². The Morgan fingerprint density at radius 1 is 1.65 bits per heavy atom. The van der Waals surface area contributed by atoms with Crippen LogP contribution in [0.4, 0.5) is 4.39 Å². The van der Waals surface area contributed by atoms with E-state index in [1.165, 1.54) is 6.08 Å². The van der Waals surface area contributed by atoms with Crippen LogP contribution in [-0.2, 0) is 4.79 Å². The van der Waals surface area contributed by atoms with Gasteiger partial charge in [-0.05, 0) is 19.3 Å². The summed E-state index contributed by atoms with van der Waals surface area (Å²) in [7, 11) is 0. The van der Waals surface area contributed by atoms with Crippen molar-refractivity contribution < 1.29 is 14.3 Å². The molecule has 0 aromatic heterocycles. The number of aliphatic carboxylic acids is 1. The van der Waals surface area contributed by atoms with Gasteiger partial charge in [-0.1, -0.05) is 13.0 Å². The maximum Gasteiger partial charge on any atom is 0.323 e. The second-order valence-corrected chi connectivity index (χ2v) is 3.84. The van der Waals surface area contributed by atoms with Gasteiger partial charge in [-0.15, -0.1) is 0 Å². The summed E-state index contributed by atoms with van der Waals surface area (Å²) in [4.78, 5) is 10.9. The molecule has 6 heteroatoms. The van der Waals surface area contributed by atoms with Crippen LogP contribution in [0, 0.1) is 5.41 Å². The van der Waals surface area contributed by atoms with Gasteiger partial charge < -0.3 is 21.6 Å². The highest BCUT2D eigenvalue weighted by atomic mass is 19.1. The van der Waals surface area contributed by atoms with E-state index in [-0.39, 0.29) is 25.2 Å². The molecule has 0 rings (SSSR count). The van der Waals surface area contributed by atoms with E-state index in [0.29, 0.717) is 13.0 Å². The monoisotopic (exact) mass is 245 g/mol. The number of allylic oxidation sites excluding steroid dienone is 1. The van der Waals surface area contributed by atoms with E-state index in [2.05, 4.69) is 5.32 Å². The van der Waals surface area contributed by atoms with Crippen LogP contribution in [0.15, 0.2) is 11.9 Å². The van der Waals surface area contributed by atoms with E-state index < -0.39 is 11.5 Å². The van der Waals surface area contributed by atoms with Crippen LogP contribution in [0.1, 0.15) is 26.2 Å². The molecule has 0 aromatic rings. The van der Waals surface area contributed by atoms with Crippen LogP contribution in [0.3, 0.4) is 0 Å². The number of carboxylic acids is 1. The maximum atomic E-state index is 13.1. The van der Waals surface area contributed by atoms with Crippen molar-refractivity contribution in [2.24, 2.45) is 5.73 Å². The highest BCUT2D eigenvalue weighted by molar-refractivity contribution is 5.78. The van der Waals surface area contributed by atoms with Gasteiger partial charge in [0, 0.05) is 19.3 Å². The maximum absolute atomic E-state index is 13.1. The number of rotatable bonds is 9. The Labute approximate surface area is 100 Å². The average Bonchev–Trinajstić information content (AvgIpc) is 2.29. The van der Waals surface area contributed by atoms with Gasteiger partial charge in [0.1, 0.15) is 11.4 Å². The Kier molecular flexibility index (Phi) is 7.32. The van der Waals surface area contributed by atoms with Crippen molar-refractivity contribution in [1.29, 1.82) is 5.41 Å². The highest BCUT2D eigenvalue weighted by Crippen LogP contribution is 2.15. The lowest BCUT2D eigenvalue weighted by atomic mass is 9.92. The molecule has 0 amide bonds. The molecule has 0 saturated carbocycles. The lowest BCUT2D eigenvalue weighted by Gasteiger charge is -2.21. The third-order valence-electron chi connectivity index (χ3n) is 2.55. The van der Waals surface area contributed by atoms with E-state index in [4.69, 9.17) is 16.2 Å². The quantitative estimate of drug-likeness (QED) is 0.360. The zero-order chi connectivity index (χ0) is 13.3. The normalized spacial score (nSPS) is 15.4. The summed E-state index contributed by atoms with van der Waals surface area (Å²) in [5, 5.41) is 18.3. The molecule has 0 saturated heterocycles. The van der Waals surface area contributed by atoms with E-state index in [9.17, 15) is 9.18 Å². The van der Waals surface area contributed by atoms with Crippen molar-refractivity contribution in [1.82, 2.24) is 5.32 Å². The lowest BCUT2D eigenvalue weighted by Crippen LogP contribution is -2.47. The van der Waals surface area contributed by atoms with Crippen LogP contribution >= 0.6 is 0 Å². The van der Waals surface area contributed by atoms with Crippen LogP contribution < -0.4 is 11.1 Å². The standard InChI is InChI=1S/C11H20FN3O2/c1-2-11(14,10(16)17)5-3-4-9(12)8-15-7-6-13/h4,6,13,15H,2-3,5,7-8,14H2,1H3,(H,16,17)/b9-4-,13-6?/t11-/m0/s1. The summed E-state index contributed by atoms with van der Waals surface area (Å²) in [6.07, 6.45) is 3.27. The van der Waals surface area contributed by atoms with E-state index >= 15 is 0 Å². The average molecular weight is 245 g/mol. The van der Waals surface area contributed by atoms with Crippen LogP contribution in [-0.4, -0.2) is 35.9 Å². The zero-order valence-electron chi connectivity index (χ0n) is 10.0. The molecule has 0 aliphatic carbocycles. The molecule has 0 heterocycles. The van der Waals surface area contributed by atoms with E-state index in [0.717, 1.165) is 6.21 Å². The molecule has 0 aromatic carbocycles. The van der Waals surface area contributed by atoms with Gasteiger partial charge in [0.05, 0.1) is 0 Å². The fourth-order valence-corrected chi connectivity index (χ4v) is 1.26. The Morgan fingerprint density at radius 3 is 2.76 bits per heavy atom. The summed E-state index contributed by atoms with van der Waals surface area (Å²) in [5.74, 6) is -1.42. The van der Waals surface area contributed by atoms with Gasteiger partial charge in [0.15, 0.2) is 0 Å². The van der Waals surface area contributed by atoms with E-state index in [1.807, 2.05) is 0 Å². The molecular weight excluding hydrogens is 225 g/mol. The third-order valence-corrected chi connectivity index (χ3v) is 2.55. The lowest BCUT2D eigenvalue weighted by molar-refractivity contribution is -0.143. The van der Waals surface area contributed by atoms with Crippen molar-refractivity contribution in [2.45, 2.75) is 31.7 Å². The van der Waals surface area contributed by atoms with Crippen molar-refractivity contribution >= 4 is 12.2 Å². The first-order valence-electron chi connectivity index (χ1n) is 5.52.